The van der Waals surface area contributed by atoms with Crippen molar-refractivity contribution >= 4 is 5.91 Å². The lowest BCUT2D eigenvalue weighted by molar-refractivity contribution is -0.132. The summed E-state index contributed by atoms with van der Waals surface area (Å²) < 4.78 is 7.43. The first-order valence-corrected chi connectivity index (χ1v) is 9.63. The smallest absolute Gasteiger partial charge is 0.224 e. The molecule has 0 spiro atoms. The van der Waals surface area contributed by atoms with Gasteiger partial charge in [-0.15, -0.1) is 0 Å². The molecule has 1 aliphatic rings. The van der Waals surface area contributed by atoms with Crippen LogP contribution >= 0.6 is 0 Å². The van der Waals surface area contributed by atoms with Gasteiger partial charge in [-0.1, -0.05) is 19.1 Å². The molecule has 1 unspecified atom stereocenters. The van der Waals surface area contributed by atoms with E-state index in [4.69, 9.17) is 4.74 Å². The van der Waals surface area contributed by atoms with Gasteiger partial charge in [0.2, 0.25) is 5.91 Å². The number of carbonyl (C=O) groups is 1. The number of aromatic amines is 1. The summed E-state index contributed by atoms with van der Waals surface area (Å²) in [5, 5.41) is 0. The SMILES string of the molecule is CCc1nccn1CCC(=O)N1Cc2[nH]cnc2C(c2cccc(OC)c2)C1. The number of ether oxygens (including phenoxy) is 1. The summed E-state index contributed by atoms with van der Waals surface area (Å²) in [5.41, 5.74) is 3.12. The molecular formula is C21H25N5O2. The van der Waals surface area contributed by atoms with Crippen LogP contribution in [0.3, 0.4) is 0 Å². The number of nitrogens with zero attached hydrogens (tertiary/aromatic N) is 4. The van der Waals surface area contributed by atoms with Crippen LogP contribution < -0.4 is 4.74 Å². The van der Waals surface area contributed by atoms with Crippen LogP contribution in [0, 0.1) is 0 Å². The fourth-order valence-electron chi connectivity index (χ4n) is 3.86. The monoisotopic (exact) mass is 379 g/mol. The van der Waals surface area contributed by atoms with Crippen LogP contribution in [0.25, 0.3) is 0 Å². The Kier molecular flexibility index (Phi) is 5.14. The molecular weight excluding hydrogens is 354 g/mol. The second-order valence-corrected chi connectivity index (χ2v) is 7.01. The van der Waals surface area contributed by atoms with Crippen molar-refractivity contribution in [3.05, 3.63) is 65.8 Å². The number of nitrogens with one attached hydrogen (secondary N) is 1. The first kappa shape index (κ1) is 18.3. The molecule has 0 saturated heterocycles. The zero-order valence-corrected chi connectivity index (χ0v) is 16.3. The maximum Gasteiger partial charge on any atom is 0.224 e. The number of carbonyl (C=O) groups excluding carboxylic acids is 1. The minimum Gasteiger partial charge on any atom is -0.497 e. The van der Waals surface area contributed by atoms with Crippen molar-refractivity contribution in [3.63, 3.8) is 0 Å². The lowest BCUT2D eigenvalue weighted by atomic mass is 9.90. The molecule has 4 rings (SSSR count). The lowest BCUT2D eigenvalue weighted by Crippen LogP contribution is -2.39. The summed E-state index contributed by atoms with van der Waals surface area (Å²) in [4.78, 5) is 26.9. The molecule has 1 N–H and O–H groups in total. The standard InChI is InChI=1S/C21H25N5O2/c1-3-19-22-8-10-25(19)9-7-20(27)26-12-17(21-18(13-26)23-14-24-21)15-5-4-6-16(11-15)28-2/h4-6,8,10-11,14,17H,3,7,9,12-13H2,1-2H3,(H,23,24). The average molecular weight is 379 g/mol. The summed E-state index contributed by atoms with van der Waals surface area (Å²) in [6.07, 6.45) is 6.76. The van der Waals surface area contributed by atoms with Crippen LogP contribution in [0.4, 0.5) is 0 Å². The molecule has 0 saturated carbocycles. The highest BCUT2D eigenvalue weighted by atomic mass is 16.5. The Morgan fingerprint density at radius 1 is 1.36 bits per heavy atom. The van der Waals surface area contributed by atoms with E-state index in [0.717, 1.165) is 34.9 Å². The summed E-state index contributed by atoms with van der Waals surface area (Å²) in [7, 11) is 1.66. The van der Waals surface area contributed by atoms with E-state index >= 15 is 0 Å². The van der Waals surface area contributed by atoms with Gasteiger partial charge in [-0.3, -0.25) is 4.79 Å². The third-order valence-electron chi connectivity index (χ3n) is 5.37. The van der Waals surface area contributed by atoms with E-state index in [1.807, 2.05) is 29.3 Å². The molecule has 2 aromatic heterocycles. The van der Waals surface area contributed by atoms with E-state index in [2.05, 4.69) is 32.5 Å². The van der Waals surface area contributed by atoms with Crippen LogP contribution in [0.15, 0.2) is 43.0 Å². The zero-order valence-electron chi connectivity index (χ0n) is 16.3. The van der Waals surface area contributed by atoms with Gasteiger partial charge in [-0.25, -0.2) is 9.97 Å². The van der Waals surface area contributed by atoms with E-state index in [9.17, 15) is 4.79 Å². The normalized spacial score (nSPS) is 16.1. The number of rotatable bonds is 6. The first-order valence-electron chi connectivity index (χ1n) is 9.63. The summed E-state index contributed by atoms with van der Waals surface area (Å²) in [6.45, 7) is 3.91. The molecule has 0 aliphatic carbocycles. The molecule has 1 atom stereocenters. The van der Waals surface area contributed by atoms with E-state index in [0.29, 0.717) is 26.1 Å². The molecule has 1 aromatic carbocycles. The van der Waals surface area contributed by atoms with Crippen LogP contribution in [-0.4, -0.2) is 44.0 Å². The van der Waals surface area contributed by atoms with Gasteiger partial charge >= 0.3 is 0 Å². The van der Waals surface area contributed by atoms with Crippen molar-refractivity contribution < 1.29 is 9.53 Å². The number of imidazole rings is 2. The highest BCUT2D eigenvalue weighted by molar-refractivity contribution is 5.76. The molecule has 7 nitrogen and oxygen atoms in total. The van der Waals surface area contributed by atoms with Crippen LogP contribution in [0.5, 0.6) is 5.75 Å². The maximum absolute atomic E-state index is 13.0. The Morgan fingerprint density at radius 3 is 3.07 bits per heavy atom. The van der Waals surface area contributed by atoms with Crippen molar-refractivity contribution in [2.24, 2.45) is 0 Å². The maximum atomic E-state index is 13.0. The van der Waals surface area contributed by atoms with Crippen LogP contribution in [-0.2, 0) is 24.3 Å². The van der Waals surface area contributed by atoms with E-state index in [1.165, 1.54) is 0 Å². The predicted octanol–water partition coefficient (Wildman–Crippen LogP) is 2.74. The average Bonchev–Trinajstić information content (AvgIpc) is 3.40. The van der Waals surface area contributed by atoms with Gasteiger partial charge in [0.15, 0.2) is 0 Å². The van der Waals surface area contributed by atoms with Gasteiger partial charge in [-0.2, -0.15) is 0 Å². The van der Waals surface area contributed by atoms with Gasteiger partial charge in [0, 0.05) is 44.2 Å². The molecule has 146 valence electrons. The number of hydrogen-bond acceptors (Lipinski definition) is 4. The Labute approximate surface area is 164 Å². The Balaban J connectivity index is 1.52. The second kappa shape index (κ2) is 7.88. The third kappa shape index (κ3) is 3.52. The summed E-state index contributed by atoms with van der Waals surface area (Å²) in [6, 6.07) is 8.00. The Hall–Kier alpha value is -3.09. The molecule has 1 amide bonds. The van der Waals surface area contributed by atoms with Crippen molar-refractivity contribution in [2.45, 2.75) is 38.8 Å². The number of aryl methyl sites for hydroxylation is 2. The van der Waals surface area contributed by atoms with Crippen LogP contribution in [0.1, 0.15) is 42.0 Å². The quantitative estimate of drug-likeness (QED) is 0.715. The minimum absolute atomic E-state index is 0.0356. The summed E-state index contributed by atoms with van der Waals surface area (Å²) in [5.74, 6) is 2.00. The van der Waals surface area contributed by atoms with Crippen LogP contribution in [0.2, 0.25) is 0 Å². The zero-order chi connectivity index (χ0) is 19.5. The number of aromatic nitrogens is 4. The summed E-state index contributed by atoms with van der Waals surface area (Å²) >= 11 is 0. The third-order valence-corrected chi connectivity index (χ3v) is 5.37. The van der Waals surface area contributed by atoms with Crippen molar-refractivity contribution in [2.75, 3.05) is 13.7 Å². The number of methoxy groups -OCH3 is 1. The Bertz CT molecular complexity index is 961. The van der Waals surface area contributed by atoms with E-state index < -0.39 is 0 Å². The molecule has 0 radical (unpaired) electrons. The highest BCUT2D eigenvalue weighted by Gasteiger charge is 2.31. The molecule has 7 heteroatoms. The van der Waals surface area contributed by atoms with Gasteiger partial charge in [0.25, 0.3) is 0 Å². The fourth-order valence-corrected chi connectivity index (χ4v) is 3.86. The molecule has 3 heterocycles. The molecule has 0 bridgehead atoms. The van der Waals surface area contributed by atoms with Crippen molar-refractivity contribution in [1.29, 1.82) is 0 Å². The van der Waals surface area contributed by atoms with Gasteiger partial charge < -0.3 is 19.2 Å². The van der Waals surface area contributed by atoms with Crippen molar-refractivity contribution in [3.8, 4) is 5.75 Å². The highest BCUT2D eigenvalue weighted by Crippen LogP contribution is 2.33. The number of benzene rings is 1. The van der Waals surface area contributed by atoms with E-state index in [1.54, 1.807) is 19.6 Å². The first-order chi connectivity index (χ1) is 13.7. The Morgan fingerprint density at radius 2 is 2.25 bits per heavy atom. The number of fused-ring (bicyclic) bond motifs is 1. The number of H-pyrrole nitrogens is 1. The van der Waals surface area contributed by atoms with E-state index in [-0.39, 0.29) is 11.8 Å². The lowest BCUT2D eigenvalue weighted by Gasteiger charge is -2.32. The van der Waals surface area contributed by atoms with Crippen molar-refractivity contribution in [1.82, 2.24) is 24.4 Å². The predicted molar refractivity (Wildman–Crippen MR) is 105 cm³/mol. The molecule has 28 heavy (non-hydrogen) atoms. The fraction of sp³-hybridized carbons (Fsp3) is 0.381. The second-order valence-electron chi connectivity index (χ2n) is 7.01. The molecule has 3 aromatic rings. The van der Waals surface area contributed by atoms with Gasteiger partial charge in [0.05, 0.1) is 31.4 Å². The van der Waals surface area contributed by atoms with Gasteiger partial charge in [0.1, 0.15) is 11.6 Å². The molecule has 0 fully saturated rings. The van der Waals surface area contributed by atoms with Gasteiger partial charge in [-0.05, 0) is 17.7 Å². The topological polar surface area (TPSA) is 76.0 Å². The largest absolute Gasteiger partial charge is 0.497 e. The number of amides is 1. The molecule has 1 aliphatic heterocycles. The minimum atomic E-state index is 0.0356. The number of hydrogen-bond donors (Lipinski definition) is 1.